The van der Waals surface area contributed by atoms with Crippen molar-refractivity contribution in [1.82, 2.24) is 0 Å². The van der Waals surface area contributed by atoms with Crippen molar-refractivity contribution >= 4 is 21.6 Å². The molecule has 0 aliphatic carbocycles. The number of hydrogen-bond donors (Lipinski definition) is 2. The Hall–Kier alpha value is -1.12. The third-order valence-corrected chi connectivity index (χ3v) is 4.47. The number of anilines is 1. The van der Waals surface area contributed by atoms with E-state index < -0.39 is 5.82 Å². The van der Waals surface area contributed by atoms with Gasteiger partial charge < -0.3 is 10.4 Å². The van der Waals surface area contributed by atoms with Crippen molar-refractivity contribution < 1.29 is 9.50 Å². The van der Waals surface area contributed by atoms with Crippen LogP contribution < -0.4 is 5.32 Å². The topological polar surface area (TPSA) is 56.0 Å². The van der Waals surface area contributed by atoms with Gasteiger partial charge in [0, 0.05) is 12.0 Å². The highest BCUT2D eigenvalue weighted by Crippen LogP contribution is 2.30. The van der Waals surface area contributed by atoms with Gasteiger partial charge in [-0.05, 0) is 40.9 Å². The molecule has 1 aromatic rings. The first-order valence-corrected chi connectivity index (χ1v) is 7.05. The lowest BCUT2D eigenvalue weighted by molar-refractivity contribution is 0.127. The van der Waals surface area contributed by atoms with Crippen LogP contribution in [0.5, 0.6) is 0 Å². The molecule has 0 aromatic heterocycles. The molecule has 0 fully saturated rings. The summed E-state index contributed by atoms with van der Waals surface area (Å²) in [6.45, 7) is 4.57. The molecule has 5 heteroatoms. The molecule has 0 aliphatic rings. The Kier molecular flexibility index (Phi) is 5.77. The molecule has 0 radical (unpaired) electrons. The molecule has 1 rings (SSSR count). The summed E-state index contributed by atoms with van der Waals surface area (Å²) in [4.78, 5) is 0. The monoisotopic (exact) mass is 328 g/mol. The molecule has 104 valence electrons. The van der Waals surface area contributed by atoms with Crippen LogP contribution >= 0.6 is 15.9 Å². The summed E-state index contributed by atoms with van der Waals surface area (Å²) in [5, 5.41) is 21.3. The molecule has 0 saturated heterocycles. The van der Waals surface area contributed by atoms with Crippen molar-refractivity contribution in [3.63, 3.8) is 0 Å². The van der Waals surface area contributed by atoms with Crippen molar-refractivity contribution in [1.29, 1.82) is 5.26 Å². The molecular formula is C14H18BrFN2O. The molecule has 3 nitrogen and oxygen atoms in total. The molecule has 0 heterocycles. The second-order valence-corrected chi connectivity index (χ2v) is 5.41. The Bertz CT molecular complexity index is 473. The first-order chi connectivity index (χ1) is 9.03. The maximum Gasteiger partial charge on any atom is 0.161 e. The number of nitrogens with one attached hydrogen (secondary N) is 1. The third-order valence-electron chi connectivity index (χ3n) is 3.69. The van der Waals surface area contributed by atoms with Crippen molar-refractivity contribution in [3.05, 3.63) is 28.0 Å². The maximum atomic E-state index is 14.0. The molecule has 0 atom stereocenters. The Morgan fingerprint density at radius 3 is 2.53 bits per heavy atom. The summed E-state index contributed by atoms with van der Waals surface area (Å²) in [6.07, 6.45) is 1.62. The van der Waals surface area contributed by atoms with Crippen LogP contribution in [0.15, 0.2) is 16.6 Å². The molecular weight excluding hydrogens is 311 g/mol. The number of halogens is 2. The van der Waals surface area contributed by atoms with E-state index in [1.165, 1.54) is 0 Å². The van der Waals surface area contributed by atoms with E-state index in [-0.39, 0.29) is 22.1 Å². The lowest BCUT2D eigenvalue weighted by Crippen LogP contribution is -2.32. The Morgan fingerprint density at radius 1 is 1.42 bits per heavy atom. The Balaban J connectivity index is 2.90. The number of nitriles is 1. The Morgan fingerprint density at radius 2 is 2.05 bits per heavy atom. The van der Waals surface area contributed by atoms with Crippen LogP contribution in [0.25, 0.3) is 0 Å². The van der Waals surface area contributed by atoms with Crippen LogP contribution in [0, 0.1) is 22.6 Å². The minimum atomic E-state index is -0.474. The number of rotatable bonds is 6. The molecule has 0 spiro atoms. The quantitative estimate of drug-likeness (QED) is 0.837. The fraction of sp³-hybridized carbons (Fsp3) is 0.500. The standard InChI is InChI=1S/C14H18BrFN2O/c1-3-14(4-2,9-19)8-18-11-6-5-10(7-17)12(15)13(11)16/h5-6,18-19H,3-4,8-9H2,1-2H3. The van der Waals surface area contributed by atoms with Gasteiger partial charge in [-0.25, -0.2) is 4.39 Å². The minimum absolute atomic E-state index is 0.0616. The van der Waals surface area contributed by atoms with E-state index in [0.717, 1.165) is 12.8 Å². The van der Waals surface area contributed by atoms with Gasteiger partial charge in [-0.15, -0.1) is 0 Å². The summed E-state index contributed by atoms with van der Waals surface area (Å²) in [5.74, 6) is -0.474. The van der Waals surface area contributed by atoms with Gasteiger partial charge in [-0.1, -0.05) is 13.8 Å². The van der Waals surface area contributed by atoms with Crippen molar-refractivity contribution in [3.8, 4) is 6.07 Å². The van der Waals surface area contributed by atoms with E-state index in [1.54, 1.807) is 12.1 Å². The van der Waals surface area contributed by atoms with E-state index in [1.807, 2.05) is 19.9 Å². The van der Waals surface area contributed by atoms with E-state index in [9.17, 15) is 9.50 Å². The lowest BCUT2D eigenvalue weighted by Gasteiger charge is -2.30. The SMILES string of the molecule is CCC(CC)(CO)CNc1ccc(C#N)c(Br)c1F. The largest absolute Gasteiger partial charge is 0.396 e. The highest BCUT2D eigenvalue weighted by molar-refractivity contribution is 9.10. The average Bonchev–Trinajstić information content (AvgIpc) is 2.45. The third kappa shape index (κ3) is 3.46. The Labute approximate surface area is 121 Å². The predicted octanol–water partition coefficient (Wildman–Crippen LogP) is 3.67. The normalized spacial score (nSPS) is 11.2. The molecule has 0 amide bonds. The number of benzene rings is 1. The highest BCUT2D eigenvalue weighted by Gasteiger charge is 2.25. The second kappa shape index (κ2) is 6.88. The van der Waals surface area contributed by atoms with Gasteiger partial charge in [0.05, 0.1) is 22.3 Å². The van der Waals surface area contributed by atoms with Crippen molar-refractivity contribution in [2.75, 3.05) is 18.5 Å². The highest BCUT2D eigenvalue weighted by atomic mass is 79.9. The van der Waals surface area contributed by atoms with Crippen LogP contribution in [-0.2, 0) is 0 Å². The predicted molar refractivity (Wildman–Crippen MR) is 77.4 cm³/mol. The first kappa shape index (κ1) is 15.9. The summed E-state index contributed by atoms with van der Waals surface area (Å²) >= 11 is 3.08. The molecule has 0 aliphatic heterocycles. The van der Waals surface area contributed by atoms with Crippen LogP contribution in [-0.4, -0.2) is 18.3 Å². The summed E-state index contributed by atoms with van der Waals surface area (Å²) in [6, 6.07) is 5.03. The van der Waals surface area contributed by atoms with Crippen molar-refractivity contribution in [2.45, 2.75) is 26.7 Å². The smallest absolute Gasteiger partial charge is 0.161 e. The number of hydrogen-bond acceptors (Lipinski definition) is 3. The fourth-order valence-corrected chi connectivity index (χ4v) is 2.27. The average molecular weight is 329 g/mol. The van der Waals surface area contributed by atoms with Crippen LogP contribution in [0.2, 0.25) is 0 Å². The van der Waals surface area contributed by atoms with Gasteiger partial charge in [0.25, 0.3) is 0 Å². The molecule has 0 unspecified atom stereocenters. The molecule has 1 aromatic carbocycles. The maximum absolute atomic E-state index is 14.0. The van der Waals surface area contributed by atoms with Gasteiger partial charge in [0.2, 0.25) is 0 Å². The number of aliphatic hydroxyl groups is 1. The number of aliphatic hydroxyl groups excluding tert-OH is 1. The summed E-state index contributed by atoms with van der Waals surface area (Å²) < 4.78 is 14.2. The molecule has 19 heavy (non-hydrogen) atoms. The number of nitrogens with zero attached hydrogens (tertiary/aromatic N) is 1. The van der Waals surface area contributed by atoms with E-state index >= 15 is 0 Å². The zero-order valence-corrected chi connectivity index (χ0v) is 12.7. The van der Waals surface area contributed by atoms with Gasteiger partial charge in [-0.3, -0.25) is 0 Å². The first-order valence-electron chi connectivity index (χ1n) is 6.26. The van der Waals surface area contributed by atoms with Crippen LogP contribution in [0.4, 0.5) is 10.1 Å². The molecule has 2 N–H and O–H groups in total. The van der Waals surface area contributed by atoms with E-state index in [0.29, 0.717) is 12.2 Å². The van der Waals surface area contributed by atoms with Gasteiger partial charge in [0.1, 0.15) is 6.07 Å². The zero-order chi connectivity index (χ0) is 14.5. The van der Waals surface area contributed by atoms with Crippen molar-refractivity contribution in [2.24, 2.45) is 5.41 Å². The van der Waals surface area contributed by atoms with Crippen LogP contribution in [0.3, 0.4) is 0 Å². The summed E-state index contributed by atoms with van der Waals surface area (Å²) in [5.41, 5.74) is 0.361. The lowest BCUT2D eigenvalue weighted by atomic mass is 9.83. The summed E-state index contributed by atoms with van der Waals surface area (Å²) in [7, 11) is 0. The van der Waals surface area contributed by atoms with E-state index in [4.69, 9.17) is 5.26 Å². The molecule has 0 bridgehead atoms. The minimum Gasteiger partial charge on any atom is -0.396 e. The van der Waals surface area contributed by atoms with Gasteiger partial charge in [0.15, 0.2) is 5.82 Å². The fourth-order valence-electron chi connectivity index (χ4n) is 1.83. The van der Waals surface area contributed by atoms with Gasteiger partial charge >= 0.3 is 0 Å². The van der Waals surface area contributed by atoms with E-state index in [2.05, 4.69) is 21.2 Å². The van der Waals surface area contributed by atoms with Gasteiger partial charge in [-0.2, -0.15) is 5.26 Å². The second-order valence-electron chi connectivity index (χ2n) is 4.62. The zero-order valence-electron chi connectivity index (χ0n) is 11.1. The van der Waals surface area contributed by atoms with Crippen LogP contribution in [0.1, 0.15) is 32.3 Å². The molecule has 0 saturated carbocycles.